The summed E-state index contributed by atoms with van der Waals surface area (Å²) in [5.74, 6) is 0.794. The molecule has 0 saturated heterocycles. The van der Waals surface area contributed by atoms with Gasteiger partial charge in [0.1, 0.15) is 18.0 Å². The van der Waals surface area contributed by atoms with Crippen molar-refractivity contribution in [2.45, 2.75) is 32.5 Å². The van der Waals surface area contributed by atoms with E-state index in [1.54, 1.807) is 0 Å². The zero-order chi connectivity index (χ0) is 16.6. The second-order valence-electron chi connectivity index (χ2n) is 6.43. The third-order valence-corrected chi connectivity index (χ3v) is 4.42. The molecule has 0 spiro atoms. The molecule has 0 radical (unpaired) electrons. The maximum absolute atomic E-state index is 11.9. The Bertz CT molecular complexity index is 619. The third kappa shape index (κ3) is 3.75. The molecular formula is C15H19BINO5. The van der Waals surface area contributed by atoms with Gasteiger partial charge in [0.25, 0.3) is 0 Å². The van der Waals surface area contributed by atoms with Crippen molar-refractivity contribution in [2.24, 2.45) is 0 Å². The van der Waals surface area contributed by atoms with Crippen LogP contribution in [0.3, 0.4) is 0 Å². The minimum absolute atomic E-state index is 0.281. The van der Waals surface area contributed by atoms with E-state index < -0.39 is 18.8 Å². The van der Waals surface area contributed by atoms with Crippen molar-refractivity contribution < 1.29 is 23.6 Å². The summed E-state index contributed by atoms with van der Waals surface area (Å²) < 4.78 is 23.7. The van der Waals surface area contributed by atoms with Crippen LogP contribution in [0.4, 0.5) is 4.79 Å². The van der Waals surface area contributed by atoms with Gasteiger partial charge in [-0.1, -0.05) is 0 Å². The number of ether oxygens (including phenoxy) is 2. The SMILES string of the molecule is CC(C)(C)OC(=O)NCC1OB2OCCOc3ccc(I)c1c32. The molecule has 0 aliphatic carbocycles. The highest BCUT2D eigenvalue weighted by Crippen LogP contribution is 2.33. The first-order valence-electron chi connectivity index (χ1n) is 7.54. The molecule has 6 nitrogen and oxygen atoms in total. The van der Waals surface area contributed by atoms with Crippen LogP contribution in [0, 0.1) is 3.57 Å². The zero-order valence-electron chi connectivity index (χ0n) is 13.3. The van der Waals surface area contributed by atoms with Crippen LogP contribution in [0.1, 0.15) is 32.4 Å². The molecule has 1 amide bonds. The predicted molar refractivity (Wildman–Crippen MR) is 94.1 cm³/mol. The van der Waals surface area contributed by atoms with Gasteiger partial charge in [0.05, 0.1) is 12.7 Å². The van der Waals surface area contributed by atoms with E-state index in [0.29, 0.717) is 19.8 Å². The summed E-state index contributed by atoms with van der Waals surface area (Å²) in [6, 6.07) is 3.93. The topological polar surface area (TPSA) is 66.0 Å². The van der Waals surface area contributed by atoms with Crippen LogP contribution in [-0.4, -0.2) is 38.6 Å². The van der Waals surface area contributed by atoms with Crippen LogP contribution in [0.15, 0.2) is 12.1 Å². The Kier molecular flexibility index (Phi) is 4.75. The number of amides is 1. The van der Waals surface area contributed by atoms with Crippen LogP contribution in [0.2, 0.25) is 0 Å². The maximum atomic E-state index is 11.9. The number of rotatable bonds is 2. The average Bonchev–Trinajstić information content (AvgIpc) is 2.69. The summed E-state index contributed by atoms with van der Waals surface area (Å²) in [6.07, 6.45) is -0.738. The lowest BCUT2D eigenvalue weighted by molar-refractivity contribution is 0.0494. The summed E-state index contributed by atoms with van der Waals surface area (Å²) in [6.45, 7) is 6.79. The lowest BCUT2D eigenvalue weighted by Gasteiger charge is -2.21. The third-order valence-electron chi connectivity index (χ3n) is 3.48. The summed E-state index contributed by atoms with van der Waals surface area (Å²) in [5.41, 5.74) is 1.43. The van der Waals surface area contributed by atoms with Crippen molar-refractivity contribution in [3.05, 3.63) is 21.3 Å². The second kappa shape index (κ2) is 6.48. The smallest absolute Gasteiger partial charge is 0.492 e. The number of halogens is 1. The van der Waals surface area contributed by atoms with Crippen LogP contribution in [0.5, 0.6) is 5.75 Å². The first-order chi connectivity index (χ1) is 10.8. The molecule has 1 N–H and O–H groups in total. The minimum Gasteiger partial charge on any atom is -0.492 e. The summed E-state index contributed by atoms with van der Waals surface area (Å²) in [4.78, 5) is 11.9. The van der Waals surface area contributed by atoms with E-state index in [9.17, 15) is 4.79 Å². The largest absolute Gasteiger partial charge is 0.498 e. The van der Waals surface area contributed by atoms with E-state index in [4.69, 9.17) is 18.8 Å². The Morgan fingerprint density at radius 3 is 2.96 bits per heavy atom. The van der Waals surface area contributed by atoms with Crippen LogP contribution in [0.25, 0.3) is 0 Å². The fraction of sp³-hybridized carbons (Fsp3) is 0.533. The van der Waals surface area contributed by atoms with Gasteiger partial charge in [0.15, 0.2) is 0 Å². The molecule has 0 saturated carbocycles. The van der Waals surface area contributed by atoms with E-state index in [-0.39, 0.29) is 6.10 Å². The number of hydrogen-bond donors (Lipinski definition) is 1. The summed E-state index contributed by atoms with van der Waals surface area (Å²) in [5, 5.41) is 2.76. The van der Waals surface area contributed by atoms with Gasteiger partial charge in [0, 0.05) is 15.6 Å². The fourth-order valence-electron chi connectivity index (χ4n) is 2.64. The van der Waals surface area contributed by atoms with Crippen molar-refractivity contribution in [2.75, 3.05) is 19.8 Å². The van der Waals surface area contributed by atoms with Crippen molar-refractivity contribution in [3.63, 3.8) is 0 Å². The summed E-state index contributed by atoms with van der Waals surface area (Å²) in [7, 11) is -0.442. The Labute approximate surface area is 149 Å². The number of benzene rings is 1. The molecule has 1 aromatic rings. The van der Waals surface area contributed by atoms with Gasteiger partial charge in [-0.2, -0.15) is 0 Å². The number of carbonyl (C=O) groups is 1. The van der Waals surface area contributed by atoms with E-state index in [2.05, 4.69) is 27.9 Å². The van der Waals surface area contributed by atoms with Gasteiger partial charge in [-0.05, 0) is 61.1 Å². The molecule has 2 aliphatic rings. The van der Waals surface area contributed by atoms with Crippen molar-refractivity contribution in [3.8, 4) is 5.75 Å². The molecule has 1 aromatic carbocycles. The number of carbonyl (C=O) groups excluding carboxylic acids is 1. The van der Waals surface area contributed by atoms with E-state index >= 15 is 0 Å². The minimum atomic E-state index is -0.527. The van der Waals surface area contributed by atoms with E-state index in [1.807, 2.05) is 32.9 Å². The zero-order valence-corrected chi connectivity index (χ0v) is 15.5. The number of nitrogens with one attached hydrogen (secondary N) is 1. The van der Waals surface area contributed by atoms with Gasteiger partial charge in [-0.3, -0.25) is 0 Å². The molecule has 23 heavy (non-hydrogen) atoms. The van der Waals surface area contributed by atoms with Crippen LogP contribution >= 0.6 is 22.6 Å². The van der Waals surface area contributed by atoms with Gasteiger partial charge < -0.3 is 24.1 Å². The molecule has 8 heteroatoms. The quantitative estimate of drug-likeness (QED) is 0.574. The van der Waals surface area contributed by atoms with E-state index in [0.717, 1.165) is 20.3 Å². The molecule has 1 unspecified atom stereocenters. The monoisotopic (exact) mass is 431 g/mol. The Hall–Kier alpha value is -0.995. The Morgan fingerprint density at radius 1 is 1.43 bits per heavy atom. The number of alkyl carbamates (subject to hydrolysis) is 1. The lowest BCUT2D eigenvalue weighted by Crippen LogP contribution is -2.35. The van der Waals surface area contributed by atoms with Crippen LogP contribution in [-0.2, 0) is 14.0 Å². The summed E-state index contributed by atoms with van der Waals surface area (Å²) >= 11 is 2.27. The molecule has 0 aromatic heterocycles. The molecule has 1 atom stereocenters. The second-order valence-corrected chi connectivity index (χ2v) is 7.59. The highest BCUT2D eigenvalue weighted by Gasteiger charge is 2.42. The van der Waals surface area contributed by atoms with E-state index in [1.165, 1.54) is 0 Å². The number of hydrogen-bond acceptors (Lipinski definition) is 5. The van der Waals surface area contributed by atoms with Crippen molar-refractivity contribution >= 4 is 41.3 Å². The molecule has 0 fully saturated rings. The maximum Gasteiger partial charge on any atom is 0.498 e. The van der Waals surface area contributed by atoms with Crippen LogP contribution < -0.4 is 15.5 Å². The predicted octanol–water partition coefficient (Wildman–Crippen LogP) is 1.99. The molecule has 3 rings (SSSR count). The van der Waals surface area contributed by atoms with Crippen molar-refractivity contribution in [1.29, 1.82) is 0 Å². The Morgan fingerprint density at radius 2 is 2.22 bits per heavy atom. The molecular weight excluding hydrogens is 412 g/mol. The first-order valence-corrected chi connectivity index (χ1v) is 8.62. The molecule has 0 bridgehead atoms. The van der Waals surface area contributed by atoms with Gasteiger partial charge >= 0.3 is 13.2 Å². The highest BCUT2D eigenvalue weighted by molar-refractivity contribution is 14.1. The van der Waals surface area contributed by atoms with Gasteiger partial charge in [-0.15, -0.1) is 0 Å². The molecule has 2 heterocycles. The fourth-order valence-corrected chi connectivity index (χ4v) is 3.46. The van der Waals surface area contributed by atoms with Gasteiger partial charge in [0.2, 0.25) is 0 Å². The highest BCUT2D eigenvalue weighted by atomic mass is 127. The average molecular weight is 431 g/mol. The first kappa shape index (κ1) is 16.8. The Balaban J connectivity index is 1.76. The molecule has 124 valence electrons. The lowest BCUT2D eigenvalue weighted by atomic mass is 9.78. The van der Waals surface area contributed by atoms with Crippen molar-refractivity contribution in [1.82, 2.24) is 5.32 Å². The molecule has 2 aliphatic heterocycles. The standard InChI is InChI=1S/C15H19BINO5/c1-15(2,3)22-14(19)18-8-11-12-9(17)4-5-10-13(12)16(23-11)21-7-6-20-10/h4-5,11H,6-8H2,1-3H3,(H,18,19). The normalized spacial score (nSPS) is 19.7. The van der Waals surface area contributed by atoms with Gasteiger partial charge in [-0.25, -0.2) is 4.79 Å².